The maximum absolute atomic E-state index is 5.72. The summed E-state index contributed by atoms with van der Waals surface area (Å²) in [5, 5.41) is 1.23. The van der Waals surface area contributed by atoms with Crippen LogP contribution in [0.5, 0.6) is 11.5 Å². The molecule has 0 unspecified atom stereocenters. The van der Waals surface area contributed by atoms with E-state index in [2.05, 4.69) is 12.1 Å². The van der Waals surface area contributed by atoms with Gasteiger partial charge in [-0.15, -0.1) is 0 Å². The largest absolute Gasteiger partial charge is 0.490 e. The number of rotatable bonds is 7. The van der Waals surface area contributed by atoms with E-state index in [4.69, 9.17) is 14.2 Å². The molecule has 0 amide bonds. The van der Waals surface area contributed by atoms with Crippen LogP contribution in [0.2, 0.25) is 0 Å². The van der Waals surface area contributed by atoms with E-state index >= 15 is 0 Å². The zero-order valence-electron chi connectivity index (χ0n) is 11.2. The fourth-order valence-corrected chi connectivity index (χ4v) is 2.19. The van der Waals surface area contributed by atoms with Crippen LogP contribution in [0.4, 0.5) is 0 Å². The molecule has 17 heavy (non-hydrogen) atoms. The van der Waals surface area contributed by atoms with Crippen LogP contribution in [0.1, 0.15) is 26.3 Å². The summed E-state index contributed by atoms with van der Waals surface area (Å²) in [4.78, 5) is 0. The van der Waals surface area contributed by atoms with Crippen molar-refractivity contribution in [2.24, 2.45) is 0 Å². The molecule has 4 heteroatoms. The van der Waals surface area contributed by atoms with Gasteiger partial charge in [0.1, 0.15) is 0 Å². The zero-order valence-corrected chi connectivity index (χ0v) is 13.2. The van der Waals surface area contributed by atoms with E-state index in [1.807, 2.05) is 20.8 Å². The van der Waals surface area contributed by atoms with E-state index < -0.39 is 0 Å². The van der Waals surface area contributed by atoms with Crippen LogP contribution in [-0.4, -0.2) is 30.1 Å². The number of hydrogen-bond acceptors (Lipinski definition) is 3. The molecule has 0 N–H and O–H groups in total. The van der Waals surface area contributed by atoms with Crippen LogP contribution in [0.25, 0.3) is 0 Å². The molecule has 0 aliphatic carbocycles. The average Bonchev–Trinajstić information content (AvgIpc) is 2.33. The SMILES string of the molecule is CCOCc1ccc([SiH3])c(OCC)c1OCC. The first kappa shape index (κ1) is 14.1. The van der Waals surface area contributed by atoms with Gasteiger partial charge in [-0.05, 0) is 26.0 Å². The molecule has 0 spiro atoms. The molecule has 0 saturated carbocycles. The third-order valence-electron chi connectivity index (χ3n) is 2.43. The van der Waals surface area contributed by atoms with Crippen molar-refractivity contribution in [1.82, 2.24) is 0 Å². The van der Waals surface area contributed by atoms with Crippen LogP contribution in [-0.2, 0) is 11.3 Å². The Morgan fingerprint density at radius 1 is 0.941 bits per heavy atom. The second-order valence-corrected chi connectivity index (χ2v) is 4.78. The van der Waals surface area contributed by atoms with Crippen molar-refractivity contribution in [2.45, 2.75) is 27.4 Å². The molecular formula is C13H22O3Si. The van der Waals surface area contributed by atoms with Crippen LogP contribution >= 0.6 is 0 Å². The minimum absolute atomic E-state index is 0.577. The lowest BCUT2D eigenvalue weighted by molar-refractivity contribution is 0.130. The van der Waals surface area contributed by atoms with Gasteiger partial charge in [0.25, 0.3) is 0 Å². The van der Waals surface area contributed by atoms with E-state index in [1.165, 1.54) is 5.19 Å². The molecule has 1 aromatic carbocycles. The van der Waals surface area contributed by atoms with Gasteiger partial charge >= 0.3 is 0 Å². The van der Waals surface area contributed by atoms with Crippen molar-refractivity contribution >= 4 is 15.4 Å². The Hall–Kier alpha value is -1.00. The highest BCUT2D eigenvalue weighted by Crippen LogP contribution is 2.30. The fourth-order valence-electron chi connectivity index (χ4n) is 1.65. The van der Waals surface area contributed by atoms with E-state index in [9.17, 15) is 0 Å². The van der Waals surface area contributed by atoms with Crippen molar-refractivity contribution in [3.63, 3.8) is 0 Å². The summed E-state index contributed by atoms with van der Waals surface area (Å²) in [6.45, 7) is 8.56. The van der Waals surface area contributed by atoms with E-state index in [-0.39, 0.29) is 0 Å². The van der Waals surface area contributed by atoms with Gasteiger partial charge in [-0.25, -0.2) is 0 Å². The van der Waals surface area contributed by atoms with E-state index in [0.717, 1.165) is 27.3 Å². The Morgan fingerprint density at radius 3 is 2.18 bits per heavy atom. The monoisotopic (exact) mass is 254 g/mol. The van der Waals surface area contributed by atoms with Crippen LogP contribution in [0.15, 0.2) is 12.1 Å². The van der Waals surface area contributed by atoms with Gasteiger partial charge in [0.05, 0.1) is 19.8 Å². The number of hydrogen-bond donors (Lipinski definition) is 0. The summed E-state index contributed by atoms with van der Waals surface area (Å²) >= 11 is 0. The molecule has 0 radical (unpaired) electrons. The molecule has 0 aliphatic rings. The van der Waals surface area contributed by atoms with Crippen LogP contribution in [0.3, 0.4) is 0 Å². The van der Waals surface area contributed by atoms with Crippen molar-refractivity contribution < 1.29 is 14.2 Å². The third-order valence-corrected chi connectivity index (χ3v) is 3.22. The van der Waals surface area contributed by atoms with Crippen LogP contribution < -0.4 is 14.7 Å². The third kappa shape index (κ3) is 3.75. The quantitative estimate of drug-likeness (QED) is 0.680. The Labute approximate surface area is 106 Å². The lowest BCUT2D eigenvalue weighted by Crippen LogP contribution is -2.13. The molecule has 1 aromatic rings. The first-order valence-corrected chi connectivity index (χ1v) is 7.20. The molecule has 0 heterocycles. The molecule has 96 valence electrons. The summed E-state index contributed by atoms with van der Waals surface area (Å²) in [6.07, 6.45) is 0. The van der Waals surface area contributed by atoms with Gasteiger partial charge in [-0.2, -0.15) is 0 Å². The summed E-state index contributed by atoms with van der Waals surface area (Å²) in [5.41, 5.74) is 1.07. The fraction of sp³-hybridized carbons (Fsp3) is 0.538. The van der Waals surface area contributed by atoms with Crippen molar-refractivity contribution in [3.8, 4) is 11.5 Å². The second-order valence-electron chi connectivity index (χ2n) is 3.70. The van der Waals surface area contributed by atoms with Gasteiger partial charge in [-0.1, -0.05) is 12.1 Å². The highest BCUT2D eigenvalue weighted by atomic mass is 28.1. The smallest absolute Gasteiger partial charge is 0.166 e. The molecule has 0 saturated heterocycles. The molecule has 0 atom stereocenters. The van der Waals surface area contributed by atoms with E-state index in [0.29, 0.717) is 26.4 Å². The Bertz CT molecular complexity index is 353. The molecule has 1 rings (SSSR count). The zero-order chi connectivity index (χ0) is 12.7. The number of benzene rings is 1. The van der Waals surface area contributed by atoms with Crippen molar-refractivity contribution in [3.05, 3.63) is 17.7 Å². The topological polar surface area (TPSA) is 27.7 Å². The predicted octanol–water partition coefficient (Wildman–Crippen LogP) is 1.01. The molecule has 0 aromatic heterocycles. The maximum atomic E-state index is 5.72. The molecule has 0 bridgehead atoms. The van der Waals surface area contributed by atoms with Crippen molar-refractivity contribution in [2.75, 3.05) is 19.8 Å². The normalized spacial score (nSPS) is 10.5. The first-order valence-electron chi connectivity index (χ1n) is 6.20. The van der Waals surface area contributed by atoms with Crippen LogP contribution in [0, 0.1) is 0 Å². The van der Waals surface area contributed by atoms with Gasteiger partial charge < -0.3 is 14.2 Å². The van der Waals surface area contributed by atoms with Gasteiger partial charge in [-0.3, -0.25) is 0 Å². The lowest BCUT2D eigenvalue weighted by Gasteiger charge is -2.17. The maximum Gasteiger partial charge on any atom is 0.166 e. The first-order chi connectivity index (χ1) is 8.24. The molecule has 3 nitrogen and oxygen atoms in total. The standard InChI is InChI=1S/C13H22O3Si/c1-4-14-9-10-7-8-11(17)13(16-6-3)12(10)15-5-2/h7-8H,4-6,9H2,1-3,17H3. The Morgan fingerprint density at radius 2 is 1.59 bits per heavy atom. The highest BCUT2D eigenvalue weighted by Gasteiger charge is 2.13. The lowest BCUT2D eigenvalue weighted by atomic mass is 10.2. The highest BCUT2D eigenvalue weighted by molar-refractivity contribution is 6.34. The molecular weight excluding hydrogens is 232 g/mol. The van der Waals surface area contributed by atoms with Gasteiger partial charge in [0.2, 0.25) is 0 Å². The Kier molecular flexibility index (Phi) is 6.08. The second kappa shape index (κ2) is 7.35. The summed E-state index contributed by atoms with van der Waals surface area (Å²) < 4.78 is 16.9. The summed E-state index contributed by atoms with van der Waals surface area (Å²) in [6, 6.07) is 4.18. The van der Waals surface area contributed by atoms with E-state index in [1.54, 1.807) is 0 Å². The minimum Gasteiger partial charge on any atom is -0.490 e. The summed E-state index contributed by atoms with van der Waals surface area (Å²) in [7, 11) is 0.953. The minimum atomic E-state index is 0.577. The average molecular weight is 254 g/mol. The summed E-state index contributed by atoms with van der Waals surface area (Å²) in [5.74, 6) is 1.76. The Balaban J connectivity index is 3.06. The molecule has 0 fully saturated rings. The predicted molar refractivity (Wildman–Crippen MR) is 73.7 cm³/mol. The van der Waals surface area contributed by atoms with Gasteiger partial charge in [0.15, 0.2) is 11.5 Å². The number of ether oxygens (including phenoxy) is 3. The van der Waals surface area contributed by atoms with Gasteiger partial charge in [0, 0.05) is 22.4 Å². The molecule has 0 aliphatic heterocycles. The van der Waals surface area contributed by atoms with Crippen molar-refractivity contribution in [1.29, 1.82) is 0 Å².